The fraction of sp³-hybridized carbons (Fsp3) is 0.947. The molecule has 0 spiro atoms. The van der Waals surface area contributed by atoms with Crippen LogP contribution in [0.25, 0.3) is 0 Å². The quantitative estimate of drug-likeness (QED) is 0.270. The van der Waals surface area contributed by atoms with Crippen LogP contribution in [0.5, 0.6) is 0 Å². The van der Waals surface area contributed by atoms with Gasteiger partial charge in [0.2, 0.25) is 0 Å². The molecule has 0 rings (SSSR count). The summed E-state index contributed by atoms with van der Waals surface area (Å²) < 4.78 is 0. The van der Waals surface area contributed by atoms with Gasteiger partial charge in [0.25, 0.3) is 0 Å². The van der Waals surface area contributed by atoms with Crippen LogP contribution in [0.1, 0.15) is 117 Å². The summed E-state index contributed by atoms with van der Waals surface area (Å²) in [4.78, 5) is 0. The van der Waals surface area contributed by atoms with Crippen molar-refractivity contribution in [1.82, 2.24) is 0 Å². The zero-order valence-corrected chi connectivity index (χ0v) is 14.1. The molecule has 1 radical (unpaired) electrons. The Morgan fingerprint density at radius 2 is 0.789 bits per heavy atom. The smallest absolute Gasteiger partial charge is 0.0272 e. The van der Waals surface area contributed by atoms with Gasteiger partial charge in [-0.15, -0.1) is 0 Å². The third-order valence-corrected chi connectivity index (χ3v) is 4.16. The second-order valence-electron chi connectivity index (χ2n) is 6.35. The van der Waals surface area contributed by atoms with E-state index in [0.29, 0.717) is 0 Å². The van der Waals surface area contributed by atoms with E-state index in [1.165, 1.54) is 96.3 Å². The van der Waals surface area contributed by atoms with Crippen molar-refractivity contribution in [2.45, 2.75) is 117 Å². The molecule has 0 atom stereocenters. The first kappa shape index (κ1) is 19.0. The summed E-state index contributed by atoms with van der Waals surface area (Å²) in [7, 11) is 0. The van der Waals surface area contributed by atoms with Gasteiger partial charge in [0, 0.05) is 0 Å². The molecule has 0 aliphatic carbocycles. The molecule has 0 N–H and O–H groups in total. The summed E-state index contributed by atoms with van der Waals surface area (Å²) in [5.41, 5.74) is 0. The van der Waals surface area contributed by atoms with Gasteiger partial charge in [0.05, 0.1) is 0 Å². The molecule has 115 valence electrons. The van der Waals surface area contributed by atoms with E-state index in [0.717, 1.165) is 0 Å². The third-order valence-electron chi connectivity index (χ3n) is 4.16. The lowest BCUT2D eigenvalue weighted by atomic mass is 9.96. The van der Waals surface area contributed by atoms with E-state index in [2.05, 4.69) is 20.8 Å². The molecule has 19 heavy (non-hydrogen) atoms. The van der Waals surface area contributed by atoms with Crippen LogP contribution >= 0.6 is 0 Å². The lowest BCUT2D eigenvalue weighted by Crippen LogP contribution is -1.92. The Morgan fingerprint density at radius 3 is 1.26 bits per heavy atom. The van der Waals surface area contributed by atoms with E-state index in [9.17, 15) is 0 Å². The van der Waals surface area contributed by atoms with Gasteiger partial charge in [-0.25, -0.2) is 0 Å². The highest BCUT2D eigenvalue weighted by atomic mass is 14.1. The Bertz CT molecular complexity index is 150. The molecule has 0 aromatic carbocycles. The molecule has 0 amide bonds. The Kier molecular flexibility index (Phi) is 16.1. The van der Waals surface area contributed by atoms with Crippen LogP contribution < -0.4 is 0 Å². The van der Waals surface area contributed by atoms with Crippen molar-refractivity contribution < 1.29 is 0 Å². The zero-order chi connectivity index (χ0) is 14.2. The SMILES string of the molecule is CCCCCCCCCCCC[C](C)CCCCC. The highest BCUT2D eigenvalue weighted by Gasteiger charge is 2.01. The molecule has 0 heteroatoms. The minimum atomic E-state index is 1.35. The minimum absolute atomic E-state index is 1.35. The van der Waals surface area contributed by atoms with Crippen molar-refractivity contribution in [2.24, 2.45) is 0 Å². The van der Waals surface area contributed by atoms with E-state index >= 15 is 0 Å². The van der Waals surface area contributed by atoms with Crippen LogP contribution in [-0.4, -0.2) is 0 Å². The van der Waals surface area contributed by atoms with Crippen molar-refractivity contribution in [2.75, 3.05) is 0 Å². The van der Waals surface area contributed by atoms with Crippen molar-refractivity contribution in [3.63, 3.8) is 0 Å². The Balaban J connectivity index is 3.05. The third kappa shape index (κ3) is 15.9. The minimum Gasteiger partial charge on any atom is -0.0654 e. The summed E-state index contributed by atoms with van der Waals surface area (Å²) in [6.07, 6.45) is 21.5. The summed E-state index contributed by atoms with van der Waals surface area (Å²) in [5, 5.41) is 0. The first-order chi connectivity index (χ1) is 9.31. The van der Waals surface area contributed by atoms with E-state index in [1.54, 1.807) is 5.92 Å². The molecule has 0 unspecified atom stereocenters. The number of unbranched alkanes of at least 4 members (excludes halogenated alkanes) is 11. The maximum atomic E-state index is 2.36. The van der Waals surface area contributed by atoms with Crippen molar-refractivity contribution in [3.05, 3.63) is 5.92 Å². The molecule has 0 fully saturated rings. The van der Waals surface area contributed by atoms with Crippen LogP contribution in [0.3, 0.4) is 0 Å². The molecule has 0 heterocycles. The lowest BCUT2D eigenvalue weighted by molar-refractivity contribution is 0.543. The molecular weight excluding hydrogens is 228 g/mol. The van der Waals surface area contributed by atoms with Crippen LogP contribution in [0, 0.1) is 5.92 Å². The largest absolute Gasteiger partial charge is 0.0654 e. The first-order valence-electron chi connectivity index (χ1n) is 9.12. The van der Waals surface area contributed by atoms with Gasteiger partial charge < -0.3 is 0 Å². The molecule has 0 saturated carbocycles. The van der Waals surface area contributed by atoms with Crippen LogP contribution in [0.4, 0.5) is 0 Å². The van der Waals surface area contributed by atoms with Gasteiger partial charge in [0.1, 0.15) is 0 Å². The van der Waals surface area contributed by atoms with Gasteiger partial charge in [-0.05, 0) is 18.8 Å². The lowest BCUT2D eigenvalue weighted by Gasteiger charge is -2.10. The summed E-state index contributed by atoms with van der Waals surface area (Å²) >= 11 is 0. The van der Waals surface area contributed by atoms with Crippen molar-refractivity contribution in [1.29, 1.82) is 0 Å². The summed E-state index contributed by atoms with van der Waals surface area (Å²) in [5.74, 6) is 1.74. The number of hydrogen-bond acceptors (Lipinski definition) is 0. The molecule has 0 aromatic heterocycles. The molecule has 0 aliphatic heterocycles. The molecule has 0 aromatic rings. The molecule has 0 saturated heterocycles. The van der Waals surface area contributed by atoms with Crippen molar-refractivity contribution in [3.8, 4) is 0 Å². The summed E-state index contributed by atoms with van der Waals surface area (Å²) in [6, 6.07) is 0. The van der Waals surface area contributed by atoms with Gasteiger partial charge in [-0.3, -0.25) is 0 Å². The first-order valence-corrected chi connectivity index (χ1v) is 9.12. The zero-order valence-electron chi connectivity index (χ0n) is 14.1. The second kappa shape index (κ2) is 16.1. The van der Waals surface area contributed by atoms with Crippen molar-refractivity contribution >= 4 is 0 Å². The maximum absolute atomic E-state index is 2.36. The van der Waals surface area contributed by atoms with Gasteiger partial charge >= 0.3 is 0 Å². The average Bonchev–Trinajstić information content (AvgIpc) is 2.41. The Morgan fingerprint density at radius 1 is 0.474 bits per heavy atom. The van der Waals surface area contributed by atoms with E-state index in [4.69, 9.17) is 0 Å². The van der Waals surface area contributed by atoms with Gasteiger partial charge in [-0.2, -0.15) is 0 Å². The molecular formula is C19H39. The predicted molar refractivity (Wildman–Crippen MR) is 89.5 cm³/mol. The van der Waals surface area contributed by atoms with Gasteiger partial charge in [-0.1, -0.05) is 104 Å². The van der Waals surface area contributed by atoms with Crippen LogP contribution in [-0.2, 0) is 0 Å². The van der Waals surface area contributed by atoms with Crippen LogP contribution in [0.2, 0.25) is 0 Å². The van der Waals surface area contributed by atoms with E-state index in [-0.39, 0.29) is 0 Å². The highest BCUT2D eigenvalue weighted by molar-refractivity contribution is 4.82. The molecule has 0 aliphatic rings. The standard InChI is InChI=1S/C19H39/c1-4-6-8-9-10-11-12-13-14-16-18-19(3)17-15-7-5-2/h4-18H2,1-3H3. The number of rotatable bonds is 15. The maximum Gasteiger partial charge on any atom is -0.0272 e. The van der Waals surface area contributed by atoms with E-state index < -0.39 is 0 Å². The van der Waals surface area contributed by atoms with Gasteiger partial charge in [0.15, 0.2) is 0 Å². The molecule has 0 nitrogen and oxygen atoms in total. The average molecular weight is 268 g/mol. The Hall–Kier alpha value is 0. The number of hydrogen-bond donors (Lipinski definition) is 0. The fourth-order valence-electron chi connectivity index (χ4n) is 2.72. The monoisotopic (exact) mass is 267 g/mol. The highest BCUT2D eigenvalue weighted by Crippen LogP contribution is 2.19. The Labute approximate surface area is 123 Å². The normalized spacial score (nSPS) is 11.4. The second-order valence-corrected chi connectivity index (χ2v) is 6.35. The summed E-state index contributed by atoms with van der Waals surface area (Å²) in [6.45, 7) is 6.95. The van der Waals surface area contributed by atoms with Crippen LogP contribution in [0.15, 0.2) is 0 Å². The fourth-order valence-corrected chi connectivity index (χ4v) is 2.72. The topological polar surface area (TPSA) is 0 Å². The van der Waals surface area contributed by atoms with E-state index in [1.807, 2.05) is 0 Å². The molecule has 0 bridgehead atoms. The predicted octanol–water partition coefficient (Wildman–Crippen LogP) is 7.47.